The topological polar surface area (TPSA) is 32.3 Å². The molecule has 0 aliphatic heterocycles. The van der Waals surface area contributed by atoms with Crippen molar-refractivity contribution in [2.24, 2.45) is 0 Å². The molecule has 0 unspecified atom stereocenters. The molecule has 0 bridgehead atoms. The Balaban J connectivity index is 2.21. The fraction of sp³-hybridized carbons (Fsp3) is 0.250. The highest BCUT2D eigenvalue weighted by Gasteiger charge is 2.08. The Morgan fingerprint density at radius 3 is 2.65 bits per heavy atom. The number of nitrogens with one attached hydrogen (secondary N) is 1. The molecule has 0 heterocycles. The van der Waals surface area contributed by atoms with E-state index in [9.17, 15) is 5.11 Å². The van der Waals surface area contributed by atoms with Crippen molar-refractivity contribution in [3.05, 3.63) is 56.5 Å². The van der Waals surface area contributed by atoms with Gasteiger partial charge >= 0.3 is 0 Å². The van der Waals surface area contributed by atoms with E-state index < -0.39 is 0 Å². The van der Waals surface area contributed by atoms with Crippen molar-refractivity contribution in [2.45, 2.75) is 26.8 Å². The summed E-state index contributed by atoms with van der Waals surface area (Å²) in [5.41, 5.74) is 4.19. The van der Waals surface area contributed by atoms with Gasteiger partial charge in [-0.3, -0.25) is 0 Å². The number of anilines is 1. The third-order valence-corrected chi connectivity index (χ3v) is 4.01. The Morgan fingerprint density at radius 1 is 1.25 bits per heavy atom. The summed E-state index contributed by atoms with van der Waals surface area (Å²) in [7, 11) is 0. The van der Waals surface area contributed by atoms with Crippen LogP contribution in [0.3, 0.4) is 0 Å². The number of phenolic OH excluding ortho intramolecular Hbond substituents is 1. The van der Waals surface area contributed by atoms with Gasteiger partial charge in [-0.15, -0.1) is 0 Å². The monoisotopic (exact) mass is 353 g/mol. The maximum Gasteiger partial charge on any atom is 0.121 e. The summed E-state index contributed by atoms with van der Waals surface area (Å²) in [4.78, 5) is 0. The molecule has 0 aromatic heterocycles. The summed E-state index contributed by atoms with van der Waals surface area (Å²) in [5.74, 6) is 0.302. The van der Waals surface area contributed by atoms with Crippen molar-refractivity contribution in [3.8, 4) is 5.75 Å². The predicted molar refractivity (Wildman–Crippen MR) is 88.7 cm³/mol. The Morgan fingerprint density at radius 2 is 2.00 bits per heavy atom. The molecule has 20 heavy (non-hydrogen) atoms. The predicted octanol–water partition coefficient (Wildman–Crippen LogP) is 5.29. The first kappa shape index (κ1) is 15.2. The molecule has 0 atom stereocenters. The SMILES string of the molecule is CCc1cc(Cl)ccc1NCc1c(C)cc(Br)cc1O. The second kappa shape index (κ2) is 6.51. The van der Waals surface area contributed by atoms with Crippen LogP contribution in [0.15, 0.2) is 34.8 Å². The first-order chi connectivity index (χ1) is 9.51. The second-order valence-corrected chi connectivity index (χ2v) is 6.08. The van der Waals surface area contributed by atoms with Crippen molar-refractivity contribution in [1.82, 2.24) is 0 Å². The average Bonchev–Trinajstić information content (AvgIpc) is 2.38. The molecular formula is C16H17BrClNO. The standard InChI is InChI=1S/C16H17BrClNO/c1-3-11-7-13(18)4-5-15(11)19-9-14-10(2)6-12(17)8-16(14)20/h4-8,19-20H,3,9H2,1-2H3. The minimum Gasteiger partial charge on any atom is -0.508 e. The lowest BCUT2D eigenvalue weighted by Crippen LogP contribution is -2.04. The van der Waals surface area contributed by atoms with Crippen LogP contribution in [0.25, 0.3) is 0 Å². The lowest BCUT2D eigenvalue weighted by Gasteiger charge is -2.14. The molecule has 2 rings (SSSR count). The van der Waals surface area contributed by atoms with Crippen molar-refractivity contribution in [1.29, 1.82) is 0 Å². The van der Waals surface area contributed by atoms with E-state index in [1.165, 1.54) is 5.56 Å². The van der Waals surface area contributed by atoms with Gasteiger partial charge < -0.3 is 10.4 Å². The number of hydrogen-bond donors (Lipinski definition) is 2. The highest BCUT2D eigenvalue weighted by Crippen LogP contribution is 2.28. The average molecular weight is 355 g/mol. The van der Waals surface area contributed by atoms with E-state index in [-0.39, 0.29) is 0 Å². The molecule has 0 saturated carbocycles. The van der Waals surface area contributed by atoms with Crippen LogP contribution in [0.4, 0.5) is 5.69 Å². The normalized spacial score (nSPS) is 10.6. The Kier molecular flexibility index (Phi) is 4.95. The number of hydrogen-bond acceptors (Lipinski definition) is 2. The molecule has 4 heteroatoms. The third-order valence-electron chi connectivity index (χ3n) is 3.32. The minimum absolute atomic E-state index is 0.302. The second-order valence-electron chi connectivity index (χ2n) is 4.73. The van der Waals surface area contributed by atoms with Crippen LogP contribution in [-0.2, 0) is 13.0 Å². The number of aromatic hydroxyl groups is 1. The fourth-order valence-electron chi connectivity index (χ4n) is 2.20. The molecule has 2 nitrogen and oxygen atoms in total. The van der Waals surface area contributed by atoms with Gasteiger partial charge in [-0.1, -0.05) is 34.5 Å². The third kappa shape index (κ3) is 3.47. The molecule has 0 aliphatic carbocycles. The van der Waals surface area contributed by atoms with Crippen LogP contribution in [0.5, 0.6) is 5.75 Å². The van der Waals surface area contributed by atoms with Gasteiger partial charge in [-0.05, 0) is 54.8 Å². The molecule has 0 saturated heterocycles. The van der Waals surface area contributed by atoms with Crippen LogP contribution in [0.1, 0.15) is 23.6 Å². The summed E-state index contributed by atoms with van der Waals surface area (Å²) >= 11 is 9.39. The van der Waals surface area contributed by atoms with Gasteiger partial charge in [0.25, 0.3) is 0 Å². The fourth-order valence-corrected chi connectivity index (χ4v) is 2.95. The molecule has 106 valence electrons. The van der Waals surface area contributed by atoms with Gasteiger partial charge in [0.05, 0.1) is 0 Å². The van der Waals surface area contributed by atoms with Gasteiger partial charge in [0.15, 0.2) is 0 Å². The van der Waals surface area contributed by atoms with Gasteiger partial charge in [0.2, 0.25) is 0 Å². The van der Waals surface area contributed by atoms with Crippen molar-refractivity contribution in [3.63, 3.8) is 0 Å². The van der Waals surface area contributed by atoms with E-state index in [4.69, 9.17) is 11.6 Å². The van der Waals surface area contributed by atoms with Gasteiger partial charge in [-0.2, -0.15) is 0 Å². The lowest BCUT2D eigenvalue weighted by atomic mass is 10.1. The zero-order valence-corrected chi connectivity index (χ0v) is 13.8. The smallest absolute Gasteiger partial charge is 0.121 e. The first-order valence-corrected chi connectivity index (χ1v) is 7.68. The summed E-state index contributed by atoms with van der Waals surface area (Å²) in [6.45, 7) is 4.67. The van der Waals surface area contributed by atoms with Crippen LogP contribution >= 0.6 is 27.5 Å². The zero-order valence-electron chi connectivity index (χ0n) is 11.5. The van der Waals surface area contributed by atoms with E-state index in [1.54, 1.807) is 6.07 Å². The maximum atomic E-state index is 10.0. The van der Waals surface area contributed by atoms with Crippen LogP contribution in [0.2, 0.25) is 5.02 Å². The van der Waals surface area contributed by atoms with E-state index in [0.29, 0.717) is 12.3 Å². The van der Waals surface area contributed by atoms with Crippen LogP contribution in [0, 0.1) is 6.92 Å². The van der Waals surface area contributed by atoms with E-state index in [1.807, 2.05) is 31.2 Å². The highest BCUT2D eigenvalue weighted by atomic mass is 79.9. The van der Waals surface area contributed by atoms with E-state index >= 15 is 0 Å². The van der Waals surface area contributed by atoms with Crippen LogP contribution < -0.4 is 5.32 Å². The Bertz CT molecular complexity index is 605. The number of aryl methyl sites for hydroxylation is 2. The molecule has 2 N–H and O–H groups in total. The Labute approximate surface area is 132 Å². The molecular weight excluding hydrogens is 338 g/mol. The van der Waals surface area contributed by atoms with Gasteiger partial charge in [0, 0.05) is 27.3 Å². The zero-order chi connectivity index (χ0) is 14.7. The van der Waals surface area contributed by atoms with E-state index in [0.717, 1.165) is 32.7 Å². The maximum absolute atomic E-state index is 10.0. The molecule has 0 spiro atoms. The number of phenols is 1. The highest BCUT2D eigenvalue weighted by molar-refractivity contribution is 9.10. The quantitative estimate of drug-likeness (QED) is 0.781. The number of benzene rings is 2. The molecule has 0 radical (unpaired) electrons. The van der Waals surface area contributed by atoms with Gasteiger partial charge in [0.1, 0.15) is 5.75 Å². The summed E-state index contributed by atoms with van der Waals surface area (Å²) < 4.78 is 0.886. The summed E-state index contributed by atoms with van der Waals surface area (Å²) in [6.07, 6.45) is 0.911. The largest absolute Gasteiger partial charge is 0.508 e. The minimum atomic E-state index is 0.302. The first-order valence-electron chi connectivity index (χ1n) is 6.51. The molecule has 2 aromatic rings. The number of halogens is 2. The Hall–Kier alpha value is -1.19. The number of rotatable bonds is 4. The summed E-state index contributed by atoms with van der Waals surface area (Å²) in [5, 5.41) is 14.1. The van der Waals surface area contributed by atoms with E-state index in [2.05, 4.69) is 28.2 Å². The van der Waals surface area contributed by atoms with Crippen LogP contribution in [-0.4, -0.2) is 5.11 Å². The van der Waals surface area contributed by atoms with Crippen molar-refractivity contribution < 1.29 is 5.11 Å². The summed E-state index contributed by atoms with van der Waals surface area (Å²) in [6, 6.07) is 9.54. The molecule has 0 amide bonds. The lowest BCUT2D eigenvalue weighted by molar-refractivity contribution is 0.468. The van der Waals surface area contributed by atoms with Crippen molar-refractivity contribution >= 4 is 33.2 Å². The molecule has 0 fully saturated rings. The van der Waals surface area contributed by atoms with Gasteiger partial charge in [-0.25, -0.2) is 0 Å². The van der Waals surface area contributed by atoms with Crippen molar-refractivity contribution in [2.75, 3.05) is 5.32 Å². The molecule has 2 aromatic carbocycles. The molecule has 0 aliphatic rings.